The molecule has 1 amide bonds. The van der Waals surface area contributed by atoms with Crippen LogP contribution in [0.25, 0.3) is 0 Å². The summed E-state index contributed by atoms with van der Waals surface area (Å²) in [6.07, 6.45) is 0.867. The Hall–Kier alpha value is -2.95. The first-order valence-corrected chi connectivity index (χ1v) is 8.76. The molecular weight excluding hydrogens is 328 g/mol. The number of carbonyl (C=O) groups excluding carboxylic acids is 2. The maximum Gasteiger partial charge on any atom is 0.268 e. The van der Waals surface area contributed by atoms with Crippen LogP contribution in [0.3, 0.4) is 0 Å². The average Bonchev–Trinajstić information content (AvgIpc) is 2.69. The molecule has 5 heteroatoms. The summed E-state index contributed by atoms with van der Waals surface area (Å²) in [4.78, 5) is 31.8. The lowest BCUT2D eigenvalue weighted by Crippen LogP contribution is -2.48. The fourth-order valence-electron chi connectivity index (χ4n) is 3.70. The van der Waals surface area contributed by atoms with Gasteiger partial charge in [-0.05, 0) is 29.7 Å². The first-order valence-electron chi connectivity index (χ1n) is 8.76. The number of fused-ring (bicyclic) bond motifs is 3. The van der Waals surface area contributed by atoms with Crippen molar-refractivity contribution >= 4 is 17.4 Å². The third kappa shape index (κ3) is 2.90. The first-order chi connectivity index (χ1) is 12.7. The predicted octanol–water partition coefficient (Wildman–Crippen LogP) is 2.85. The highest BCUT2D eigenvalue weighted by Crippen LogP contribution is 2.32. The monoisotopic (exact) mass is 348 g/mol. The summed E-state index contributed by atoms with van der Waals surface area (Å²) >= 11 is 0. The Bertz CT molecular complexity index is 904. The minimum Gasteiger partial charge on any atom is -0.497 e. The van der Waals surface area contributed by atoms with Crippen LogP contribution in [0.15, 0.2) is 53.5 Å². The van der Waals surface area contributed by atoms with Crippen LogP contribution in [-0.2, 0) is 11.2 Å². The van der Waals surface area contributed by atoms with E-state index in [1.165, 1.54) is 11.1 Å². The molecule has 26 heavy (non-hydrogen) atoms. The summed E-state index contributed by atoms with van der Waals surface area (Å²) in [5, 5.41) is 0. The highest BCUT2D eigenvalue weighted by atomic mass is 16.5. The second-order valence-electron chi connectivity index (χ2n) is 6.58. The lowest BCUT2D eigenvalue weighted by Gasteiger charge is -2.39. The van der Waals surface area contributed by atoms with E-state index in [4.69, 9.17) is 4.74 Å². The minimum atomic E-state index is -0.119. The molecule has 132 valence electrons. The zero-order valence-corrected chi connectivity index (χ0v) is 14.6. The normalized spacial score (nSPS) is 18.7. The Balaban J connectivity index is 1.55. The van der Waals surface area contributed by atoms with E-state index in [1.54, 1.807) is 31.4 Å². The van der Waals surface area contributed by atoms with Crippen molar-refractivity contribution in [3.8, 4) is 5.75 Å². The largest absolute Gasteiger partial charge is 0.497 e. The number of benzene rings is 2. The third-order valence-corrected chi connectivity index (χ3v) is 5.09. The molecule has 0 saturated heterocycles. The number of carbonyl (C=O) groups is 2. The van der Waals surface area contributed by atoms with E-state index < -0.39 is 0 Å². The van der Waals surface area contributed by atoms with Crippen molar-refractivity contribution in [3.05, 3.63) is 65.2 Å². The molecule has 2 aromatic rings. The fourth-order valence-corrected chi connectivity index (χ4v) is 3.70. The maximum atomic E-state index is 12.9. The topological polar surface area (TPSA) is 59.0 Å². The van der Waals surface area contributed by atoms with Crippen molar-refractivity contribution in [1.82, 2.24) is 4.90 Å². The van der Waals surface area contributed by atoms with Gasteiger partial charge in [0.1, 0.15) is 11.5 Å². The van der Waals surface area contributed by atoms with Gasteiger partial charge in [0.25, 0.3) is 5.91 Å². The van der Waals surface area contributed by atoms with Crippen molar-refractivity contribution in [2.75, 3.05) is 20.2 Å². The van der Waals surface area contributed by atoms with Crippen molar-refractivity contribution < 1.29 is 14.3 Å². The highest BCUT2D eigenvalue weighted by Gasteiger charge is 2.36. The van der Waals surface area contributed by atoms with Crippen molar-refractivity contribution in [2.24, 2.45) is 4.99 Å². The third-order valence-electron chi connectivity index (χ3n) is 5.09. The van der Waals surface area contributed by atoms with Gasteiger partial charge in [-0.2, -0.15) is 0 Å². The molecule has 5 nitrogen and oxygen atoms in total. The molecule has 0 saturated carbocycles. The minimum absolute atomic E-state index is 0.0110. The molecule has 0 spiro atoms. The Morgan fingerprint density at radius 3 is 2.92 bits per heavy atom. The van der Waals surface area contributed by atoms with Gasteiger partial charge in [-0.3, -0.25) is 14.6 Å². The SMILES string of the molecule is COc1cccc(C(=O)CC2=NC[C@H]3c4ccccc4CCN3C2=O)c1. The Morgan fingerprint density at radius 1 is 1.23 bits per heavy atom. The summed E-state index contributed by atoms with van der Waals surface area (Å²) < 4.78 is 5.16. The number of ether oxygens (including phenoxy) is 1. The highest BCUT2D eigenvalue weighted by molar-refractivity contribution is 6.43. The van der Waals surface area contributed by atoms with Crippen LogP contribution >= 0.6 is 0 Å². The lowest BCUT2D eigenvalue weighted by molar-refractivity contribution is -0.127. The number of nitrogens with zero attached hydrogens (tertiary/aromatic N) is 2. The molecule has 4 rings (SSSR count). The molecule has 2 aliphatic rings. The summed E-state index contributed by atoms with van der Waals surface area (Å²) in [5.74, 6) is 0.388. The van der Waals surface area contributed by atoms with Crippen molar-refractivity contribution in [3.63, 3.8) is 0 Å². The van der Waals surface area contributed by atoms with E-state index in [1.807, 2.05) is 17.0 Å². The second-order valence-corrected chi connectivity index (χ2v) is 6.58. The molecule has 0 bridgehead atoms. The number of aliphatic imine (C=N–C) groups is 1. The molecule has 2 aliphatic heterocycles. The molecule has 2 heterocycles. The number of Topliss-reactive ketones (excluding diaryl/α,β-unsaturated/α-hetero) is 1. The maximum absolute atomic E-state index is 12.9. The van der Waals surface area contributed by atoms with Crippen molar-refractivity contribution in [2.45, 2.75) is 18.9 Å². The second kappa shape index (κ2) is 6.75. The van der Waals surface area contributed by atoms with Gasteiger partial charge in [0.2, 0.25) is 0 Å². The summed E-state index contributed by atoms with van der Waals surface area (Å²) in [5.41, 5.74) is 3.35. The predicted molar refractivity (Wildman–Crippen MR) is 98.8 cm³/mol. The molecule has 2 aromatic carbocycles. The van der Waals surface area contributed by atoms with Gasteiger partial charge < -0.3 is 9.64 Å². The van der Waals surface area contributed by atoms with Crippen LogP contribution in [0.5, 0.6) is 5.75 Å². The molecule has 0 unspecified atom stereocenters. The van der Waals surface area contributed by atoms with Gasteiger partial charge in [0, 0.05) is 12.1 Å². The van der Waals surface area contributed by atoms with E-state index in [2.05, 4.69) is 17.1 Å². The number of hydrogen-bond acceptors (Lipinski definition) is 4. The molecule has 0 aliphatic carbocycles. The molecular formula is C21H20N2O3. The van der Waals surface area contributed by atoms with E-state index in [9.17, 15) is 9.59 Å². The van der Waals surface area contributed by atoms with E-state index in [0.29, 0.717) is 30.1 Å². The van der Waals surface area contributed by atoms with Crippen LogP contribution < -0.4 is 4.74 Å². The zero-order chi connectivity index (χ0) is 18.1. The van der Waals surface area contributed by atoms with Gasteiger partial charge in [-0.15, -0.1) is 0 Å². The van der Waals surface area contributed by atoms with E-state index in [-0.39, 0.29) is 24.2 Å². The van der Waals surface area contributed by atoms with Gasteiger partial charge in [0.05, 0.1) is 26.1 Å². The first kappa shape index (κ1) is 16.5. The lowest BCUT2D eigenvalue weighted by atomic mass is 9.90. The van der Waals surface area contributed by atoms with Crippen LogP contribution in [-0.4, -0.2) is 42.5 Å². The smallest absolute Gasteiger partial charge is 0.268 e. The number of amides is 1. The summed E-state index contributed by atoms with van der Waals surface area (Å²) in [6.45, 7) is 1.19. The number of methoxy groups -OCH3 is 1. The van der Waals surface area contributed by atoms with Crippen LogP contribution in [0.4, 0.5) is 0 Å². The number of hydrogen-bond donors (Lipinski definition) is 0. The molecule has 0 aromatic heterocycles. The van der Waals surface area contributed by atoms with Gasteiger partial charge >= 0.3 is 0 Å². The quantitative estimate of drug-likeness (QED) is 0.799. The van der Waals surface area contributed by atoms with E-state index in [0.717, 1.165) is 6.42 Å². The average molecular weight is 348 g/mol. The molecule has 0 N–H and O–H groups in total. The molecule has 1 atom stereocenters. The van der Waals surface area contributed by atoms with Gasteiger partial charge in [-0.25, -0.2) is 0 Å². The van der Waals surface area contributed by atoms with Crippen LogP contribution in [0.2, 0.25) is 0 Å². The van der Waals surface area contributed by atoms with Gasteiger partial charge in [-0.1, -0.05) is 36.4 Å². The molecule has 0 radical (unpaired) electrons. The zero-order valence-electron chi connectivity index (χ0n) is 14.6. The summed E-state index contributed by atoms with van der Waals surface area (Å²) in [6, 6.07) is 15.2. The molecule has 0 fully saturated rings. The van der Waals surface area contributed by atoms with E-state index >= 15 is 0 Å². The Kier molecular flexibility index (Phi) is 4.29. The van der Waals surface area contributed by atoms with Crippen LogP contribution in [0.1, 0.15) is 33.9 Å². The Labute approximate surface area is 152 Å². The number of ketones is 1. The fraction of sp³-hybridized carbons (Fsp3) is 0.286. The standard InChI is InChI=1S/C21H20N2O3/c1-26-16-7-4-6-15(11-16)20(24)12-18-21(25)23-10-9-14-5-2-3-8-17(14)19(23)13-22-18/h2-8,11,19H,9-10,12-13H2,1H3/t19-/m0/s1. The summed E-state index contributed by atoms with van der Waals surface area (Å²) in [7, 11) is 1.56. The van der Waals surface area contributed by atoms with Crippen molar-refractivity contribution in [1.29, 1.82) is 0 Å². The van der Waals surface area contributed by atoms with Gasteiger partial charge in [0.15, 0.2) is 5.78 Å². The Morgan fingerprint density at radius 2 is 2.08 bits per heavy atom. The number of rotatable bonds is 4. The van der Waals surface area contributed by atoms with Crippen LogP contribution in [0, 0.1) is 0 Å².